The van der Waals surface area contributed by atoms with Crippen LogP contribution in [0, 0.1) is 39.4 Å². The molecule has 7 nitrogen and oxygen atoms in total. The lowest BCUT2D eigenvalue weighted by Crippen LogP contribution is -2.67. The Morgan fingerprint density at radius 2 is 1.60 bits per heavy atom. The van der Waals surface area contributed by atoms with Crippen LogP contribution >= 0.6 is 0 Å². The van der Waals surface area contributed by atoms with Gasteiger partial charge in [-0.2, -0.15) is 0 Å². The number of piperidine rings is 1. The fraction of sp³-hybridized carbons (Fsp3) is 0.707. The maximum Gasteiger partial charge on any atom is 0.326 e. The summed E-state index contributed by atoms with van der Waals surface area (Å²) in [6, 6.07) is 8.12. The van der Waals surface area contributed by atoms with Crippen molar-refractivity contribution in [2.24, 2.45) is 39.4 Å². The van der Waals surface area contributed by atoms with E-state index in [-0.39, 0.29) is 51.3 Å². The summed E-state index contributed by atoms with van der Waals surface area (Å²) in [6.07, 6.45) is 20.6. The van der Waals surface area contributed by atoms with Crippen molar-refractivity contribution in [2.45, 2.75) is 121 Å². The minimum absolute atomic E-state index is 0.0156. The summed E-state index contributed by atoms with van der Waals surface area (Å²) in [4.78, 5) is 33.2. The van der Waals surface area contributed by atoms with Crippen LogP contribution in [0.4, 0.5) is 0 Å². The number of carbonyl (C=O) groups is 1. The van der Waals surface area contributed by atoms with E-state index in [4.69, 9.17) is 0 Å². The third kappa shape index (κ3) is 4.10. The molecule has 10 rings (SSSR count). The van der Waals surface area contributed by atoms with Gasteiger partial charge in [-0.1, -0.05) is 63.5 Å². The van der Waals surface area contributed by atoms with Crippen molar-refractivity contribution in [3.8, 4) is 0 Å². The minimum atomic E-state index is -0.829. The van der Waals surface area contributed by atoms with Gasteiger partial charge < -0.3 is 20.1 Å². The number of nitrogens with zero attached hydrogens (tertiary/aromatic N) is 2. The Labute approximate surface area is 284 Å². The number of rotatable bonds is 5. The second-order valence-electron chi connectivity index (χ2n) is 17.8. The van der Waals surface area contributed by atoms with Crippen LogP contribution in [0.3, 0.4) is 0 Å². The average molecular weight is 654 g/mol. The largest absolute Gasteiger partial charge is 0.393 e. The molecule has 2 aromatic rings. The number of aromatic nitrogens is 2. The van der Waals surface area contributed by atoms with E-state index in [1.165, 1.54) is 6.42 Å². The van der Waals surface area contributed by atoms with Gasteiger partial charge in [-0.3, -0.25) is 9.36 Å². The summed E-state index contributed by atoms with van der Waals surface area (Å²) in [5.41, 5.74) is 1.21. The lowest BCUT2D eigenvalue weighted by atomic mass is 9.32. The normalized spacial score (nSPS) is 43.2. The number of carbonyl (C=O) groups excluding carboxylic acids is 1. The van der Waals surface area contributed by atoms with E-state index in [0.29, 0.717) is 18.2 Å². The smallest absolute Gasteiger partial charge is 0.326 e. The third-order valence-corrected chi connectivity index (χ3v) is 16.0. The molecule has 8 atom stereocenters. The minimum Gasteiger partial charge on any atom is -0.393 e. The van der Waals surface area contributed by atoms with Gasteiger partial charge >= 0.3 is 5.69 Å². The van der Waals surface area contributed by atoms with Crippen molar-refractivity contribution in [3.63, 3.8) is 0 Å². The van der Waals surface area contributed by atoms with E-state index >= 15 is 0 Å². The molecule has 0 amide bonds. The highest BCUT2D eigenvalue weighted by atomic mass is 16.3. The predicted molar refractivity (Wildman–Crippen MR) is 187 cm³/mol. The summed E-state index contributed by atoms with van der Waals surface area (Å²) in [5, 5.41) is 23.9. The number of β-amino-alcohol motifs (C(OH)–C–C–N with tert-alkyl or cyclic N) is 1. The number of H-pyrrole nitrogens is 1. The maximum atomic E-state index is 14.8. The van der Waals surface area contributed by atoms with Gasteiger partial charge in [0.05, 0.1) is 22.7 Å². The summed E-state index contributed by atoms with van der Waals surface area (Å²) >= 11 is 0. The number of aliphatic hydroxyl groups excluding tert-OH is 1. The second-order valence-corrected chi connectivity index (χ2v) is 17.8. The molecule has 1 saturated heterocycles. The number of ketones is 1. The quantitative estimate of drug-likeness (QED) is 0.312. The number of nitrogens with one attached hydrogen (secondary N) is 1. The van der Waals surface area contributed by atoms with Crippen LogP contribution in [0.5, 0.6) is 0 Å². The average Bonchev–Trinajstić information content (AvgIpc) is 3.57. The van der Waals surface area contributed by atoms with Crippen LogP contribution in [0.1, 0.15) is 110 Å². The SMILES string of the molecule is C[C@]12CC[C@H]3[C@]4(C=C[C@@]5(C=C4C(=O)C4CCCCC4)CC(O)CC[C@]35C)[C@@H]1CC[C@@]2(O)CN1CCC(n2c(=O)[nH]c3ccccc32)CC1. The Hall–Kier alpha value is -2.48. The molecule has 5 fully saturated rings. The summed E-state index contributed by atoms with van der Waals surface area (Å²) < 4.78 is 1.95. The van der Waals surface area contributed by atoms with E-state index in [9.17, 15) is 19.8 Å². The number of hydrogen-bond acceptors (Lipinski definition) is 5. The summed E-state index contributed by atoms with van der Waals surface area (Å²) in [5.74, 6) is 1.08. The molecule has 2 bridgehead atoms. The molecule has 258 valence electrons. The van der Waals surface area contributed by atoms with E-state index < -0.39 is 5.60 Å². The second kappa shape index (κ2) is 10.8. The van der Waals surface area contributed by atoms with E-state index in [0.717, 1.165) is 113 Å². The van der Waals surface area contributed by atoms with Gasteiger partial charge in [-0.15, -0.1) is 0 Å². The highest BCUT2D eigenvalue weighted by Crippen LogP contribution is 2.78. The number of benzene rings is 1. The van der Waals surface area contributed by atoms with Crippen LogP contribution < -0.4 is 5.69 Å². The van der Waals surface area contributed by atoms with Crippen molar-refractivity contribution in [1.82, 2.24) is 14.5 Å². The first kappa shape index (κ1) is 31.5. The molecule has 7 aliphatic carbocycles. The lowest BCUT2D eigenvalue weighted by molar-refractivity contribution is -0.180. The third-order valence-electron chi connectivity index (χ3n) is 16.0. The Morgan fingerprint density at radius 1 is 0.896 bits per heavy atom. The number of para-hydroxylation sites is 2. The Balaban J connectivity index is 1.02. The molecule has 2 spiro atoms. The number of aliphatic hydroxyl groups is 2. The molecule has 1 aromatic heterocycles. The molecule has 1 aliphatic heterocycles. The zero-order valence-corrected chi connectivity index (χ0v) is 29.1. The fourth-order valence-corrected chi connectivity index (χ4v) is 13.3. The van der Waals surface area contributed by atoms with Crippen LogP contribution in [0.15, 0.2) is 52.9 Å². The molecule has 2 heterocycles. The van der Waals surface area contributed by atoms with Crippen LogP contribution in [-0.2, 0) is 4.79 Å². The Bertz CT molecular complexity index is 1740. The van der Waals surface area contributed by atoms with Crippen molar-refractivity contribution >= 4 is 16.8 Å². The first-order valence-electron chi connectivity index (χ1n) is 19.3. The number of fused-ring (bicyclic) bond motifs is 2. The molecule has 7 heteroatoms. The fourth-order valence-electron chi connectivity index (χ4n) is 13.3. The number of allylic oxidation sites excluding steroid dienone is 4. The molecule has 0 radical (unpaired) electrons. The van der Waals surface area contributed by atoms with Crippen molar-refractivity contribution < 1.29 is 15.0 Å². The van der Waals surface area contributed by atoms with Crippen LogP contribution in [0.25, 0.3) is 11.0 Å². The Morgan fingerprint density at radius 3 is 2.40 bits per heavy atom. The van der Waals surface area contributed by atoms with Gasteiger partial charge in [-0.25, -0.2) is 4.79 Å². The van der Waals surface area contributed by atoms with Crippen LogP contribution in [0.2, 0.25) is 0 Å². The predicted octanol–water partition coefficient (Wildman–Crippen LogP) is 6.71. The first-order valence-corrected chi connectivity index (χ1v) is 19.3. The van der Waals surface area contributed by atoms with Crippen molar-refractivity contribution in [2.75, 3.05) is 19.6 Å². The topological polar surface area (TPSA) is 98.6 Å². The first-order chi connectivity index (χ1) is 23.0. The zero-order valence-electron chi connectivity index (χ0n) is 29.1. The highest BCUT2D eigenvalue weighted by molar-refractivity contribution is 6.00. The van der Waals surface area contributed by atoms with Crippen molar-refractivity contribution in [1.29, 1.82) is 0 Å². The monoisotopic (exact) mass is 653 g/mol. The molecule has 4 saturated carbocycles. The van der Waals surface area contributed by atoms with Gasteiger partial charge in [0.2, 0.25) is 0 Å². The van der Waals surface area contributed by atoms with Gasteiger partial charge in [0.25, 0.3) is 0 Å². The molecule has 3 N–H and O–H groups in total. The molecule has 48 heavy (non-hydrogen) atoms. The molecular formula is C41H55N3O4. The van der Waals surface area contributed by atoms with E-state index in [1.807, 2.05) is 28.8 Å². The molecule has 1 aromatic carbocycles. The van der Waals surface area contributed by atoms with Crippen molar-refractivity contribution in [3.05, 3.63) is 58.6 Å². The van der Waals surface area contributed by atoms with E-state index in [2.05, 4.69) is 42.0 Å². The van der Waals surface area contributed by atoms with Crippen LogP contribution in [-0.4, -0.2) is 61.8 Å². The van der Waals surface area contributed by atoms with Gasteiger partial charge in [0.1, 0.15) is 0 Å². The maximum absolute atomic E-state index is 14.8. The number of Topliss-reactive ketones (excluding diaryl/α,β-unsaturated/α-hetero) is 1. The van der Waals surface area contributed by atoms with E-state index in [1.54, 1.807) is 0 Å². The number of aromatic amines is 1. The lowest BCUT2D eigenvalue weighted by Gasteiger charge is -2.71. The summed E-state index contributed by atoms with van der Waals surface area (Å²) in [6.45, 7) is 7.23. The number of imidazole rings is 1. The zero-order chi connectivity index (χ0) is 33.1. The van der Waals surface area contributed by atoms with Gasteiger partial charge in [-0.05, 0) is 100 Å². The highest BCUT2D eigenvalue weighted by Gasteiger charge is 2.74. The van der Waals surface area contributed by atoms with Gasteiger partial charge in [0.15, 0.2) is 5.78 Å². The summed E-state index contributed by atoms with van der Waals surface area (Å²) in [7, 11) is 0. The number of likely N-dealkylation sites (tertiary alicyclic amines) is 1. The van der Waals surface area contributed by atoms with Gasteiger partial charge in [0, 0.05) is 53.4 Å². The molecule has 8 aliphatic rings. The Kier molecular flexibility index (Phi) is 7.06. The molecular weight excluding hydrogens is 598 g/mol. The standard InChI is InChI=1S/C41H55N3O4/c1-37-17-12-29(45)24-39(37)20-21-41(30(25-39)35(46)27-8-4-3-5-9-27)33(37)13-18-38(2)34(41)14-19-40(38,48)26-43-22-15-28(16-23-43)44-32-11-7-6-10-31(32)42-36(44)47/h6-7,10-11,20-21,25,27-29,33-34,45,48H,3-5,8-9,12-19,22-24,26H2,1-2H3,(H,42,47)/t29?,33-,34-,37-,38+,39+,40-,41-/m1/s1. The molecule has 1 unspecified atom stereocenters. The number of hydrogen-bond donors (Lipinski definition) is 3.